The molecule has 0 fully saturated rings. The van der Waals surface area contributed by atoms with Crippen molar-refractivity contribution in [3.63, 3.8) is 0 Å². The van der Waals surface area contributed by atoms with E-state index in [4.69, 9.17) is 19.4 Å². The third-order valence-electron chi connectivity index (χ3n) is 6.16. The monoisotopic (exact) mass is 593 g/mol. The highest BCUT2D eigenvalue weighted by Crippen LogP contribution is 2.37. The highest BCUT2D eigenvalue weighted by Gasteiger charge is 2.28. The molecule has 0 aliphatic heterocycles. The predicted molar refractivity (Wildman–Crippen MR) is 144 cm³/mol. The second kappa shape index (κ2) is 15.3. The molecule has 2 N–H and O–H groups in total. The Bertz CT molecular complexity index is 1180. The lowest BCUT2D eigenvalue weighted by atomic mass is 10.1. The number of esters is 1. The topological polar surface area (TPSA) is 105 Å². The molecule has 0 saturated carbocycles. The first-order chi connectivity index (χ1) is 18.0. The van der Waals surface area contributed by atoms with Gasteiger partial charge in [0, 0.05) is 24.8 Å². The summed E-state index contributed by atoms with van der Waals surface area (Å²) >= 11 is 0. The highest BCUT2D eigenvalue weighted by molar-refractivity contribution is 7.87. The fourth-order valence-electron chi connectivity index (χ4n) is 4.32. The van der Waals surface area contributed by atoms with E-state index in [2.05, 4.69) is 0 Å². The molecule has 0 heterocycles. The minimum atomic E-state index is -4.43. The first kappa shape index (κ1) is 32.7. The van der Waals surface area contributed by atoms with Crippen LogP contribution in [0.3, 0.4) is 0 Å². The third-order valence-corrected chi connectivity index (χ3v) is 7.39. The summed E-state index contributed by atoms with van der Waals surface area (Å²) in [7, 11) is -4.19. The second-order valence-electron chi connectivity index (χ2n) is 9.44. The van der Waals surface area contributed by atoms with Crippen LogP contribution >= 0.6 is 12.4 Å². The average molecular weight is 594 g/mol. The van der Waals surface area contributed by atoms with Crippen LogP contribution in [0.25, 0.3) is 0 Å². The van der Waals surface area contributed by atoms with Crippen molar-refractivity contribution in [2.75, 3.05) is 18.9 Å². The Balaban J connectivity index is 0.00000533. The summed E-state index contributed by atoms with van der Waals surface area (Å²) in [5, 5.41) is 0. The summed E-state index contributed by atoms with van der Waals surface area (Å²) in [5.41, 5.74) is 7.55. The van der Waals surface area contributed by atoms with Gasteiger partial charge in [0.25, 0.3) is 0 Å². The summed E-state index contributed by atoms with van der Waals surface area (Å²) in [4.78, 5) is 12.1. The zero-order chi connectivity index (χ0) is 27.6. The maximum absolute atomic E-state index is 12.3. The molecule has 7 nitrogen and oxygen atoms in total. The lowest BCUT2D eigenvalue weighted by Crippen LogP contribution is -2.16. The molecule has 3 rings (SSSR count). The summed E-state index contributed by atoms with van der Waals surface area (Å²) in [6.45, 7) is 0.985. The van der Waals surface area contributed by atoms with Gasteiger partial charge in [0.1, 0.15) is 17.2 Å². The standard InChI is InChI=1S/C27H34F3NO6S.ClH/c28-27(29,30)13-7-15-38(33,34)37-23-10-6-9-22(18-23)36-25-11-5-8-21-16-20(17-24(21)25)19-35-26(32)12-3-1-2-4-14-31;/h5-6,8-11,18,20H,1-4,7,12-17,19,31H2;1H/t20-;/m1./s1. The second-order valence-corrected chi connectivity index (χ2v) is 11.1. The van der Waals surface area contributed by atoms with Crippen LogP contribution in [0.5, 0.6) is 17.2 Å². The molecule has 0 spiro atoms. The van der Waals surface area contributed by atoms with Crippen LogP contribution in [-0.2, 0) is 32.5 Å². The van der Waals surface area contributed by atoms with Crippen molar-refractivity contribution in [2.24, 2.45) is 11.7 Å². The van der Waals surface area contributed by atoms with Gasteiger partial charge in [0.05, 0.1) is 12.4 Å². The molecule has 0 aromatic heterocycles. The molecule has 2 aromatic carbocycles. The van der Waals surface area contributed by atoms with Crippen molar-refractivity contribution >= 4 is 28.5 Å². The molecule has 1 atom stereocenters. The van der Waals surface area contributed by atoms with E-state index in [1.165, 1.54) is 18.2 Å². The van der Waals surface area contributed by atoms with E-state index in [1.54, 1.807) is 12.1 Å². The first-order valence-electron chi connectivity index (χ1n) is 12.8. The normalized spacial score (nSPS) is 14.8. The van der Waals surface area contributed by atoms with Crippen molar-refractivity contribution in [3.8, 4) is 17.2 Å². The van der Waals surface area contributed by atoms with Crippen LogP contribution in [0.15, 0.2) is 42.5 Å². The fourth-order valence-corrected chi connectivity index (χ4v) is 5.30. The SMILES string of the molecule is Cl.NCCCCCCC(=O)OC[C@@H]1Cc2cccc(Oc3cccc(OS(=O)(=O)CCCC(F)(F)F)c3)c2C1. The number of alkyl halides is 3. The van der Waals surface area contributed by atoms with Crippen molar-refractivity contribution in [1.82, 2.24) is 0 Å². The van der Waals surface area contributed by atoms with E-state index in [-0.39, 0.29) is 30.0 Å². The lowest BCUT2D eigenvalue weighted by Gasteiger charge is -2.13. The summed E-state index contributed by atoms with van der Waals surface area (Å²) < 4.78 is 77.6. The van der Waals surface area contributed by atoms with Crippen LogP contribution in [0.1, 0.15) is 56.1 Å². The van der Waals surface area contributed by atoms with Crippen LogP contribution in [0.4, 0.5) is 13.2 Å². The zero-order valence-electron chi connectivity index (χ0n) is 21.6. The molecule has 218 valence electrons. The van der Waals surface area contributed by atoms with Crippen molar-refractivity contribution in [3.05, 3.63) is 53.6 Å². The molecule has 39 heavy (non-hydrogen) atoms. The number of fused-ring (bicyclic) bond motifs is 1. The molecule has 1 aliphatic rings. The molecule has 0 amide bonds. The third kappa shape index (κ3) is 11.6. The molecule has 0 saturated heterocycles. The Morgan fingerprint density at radius 3 is 2.44 bits per heavy atom. The fraction of sp³-hybridized carbons (Fsp3) is 0.519. The highest BCUT2D eigenvalue weighted by atomic mass is 35.5. The Kier molecular flexibility index (Phi) is 12.9. The van der Waals surface area contributed by atoms with Gasteiger partial charge < -0.3 is 19.4 Å². The van der Waals surface area contributed by atoms with Crippen molar-refractivity contribution < 1.29 is 40.0 Å². The van der Waals surface area contributed by atoms with E-state index < -0.39 is 34.9 Å². The van der Waals surface area contributed by atoms with E-state index >= 15 is 0 Å². The average Bonchev–Trinajstić information content (AvgIpc) is 3.26. The number of carbonyl (C=O) groups excluding carboxylic acids is 1. The summed E-state index contributed by atoms with van der Waals surface area (Å²) in [6, 6.07) is 11.6. The molecular formula is C27H35ClF3NO6S. The van der Waals surface area contributed by atoms with Gasteiger partial charge in [-0.15, -0.1) is 12.4 Å². The number of halogens is 4. The Morgan fingerprint density at radius 2 is 1.69 bits per heavy atom. The van der Waals surface area contributed by atoms with Crippen LogP contribution in [-0.4, -0.2) is 39.5 Å². The number of hydrogen-bond acceptors (Lipinski definition) is 7. The first-order valence-corrected chi connectivity index (χ1v) is 14.4. The number of carbonyl (C=O) groups is 1. The van der Waals surface area contributed by atoms with Gasteiger partial charge in [-0.2, -0.15) is 21.6 Å². The number of benzene rings is 2. The van der Waals surface area contributed by atoms with Crippen LogP contribution < -0.4 is 14.7 Å². The minimum absolute atomic E-state index is 0. The van der Waals surface area contributed by atoms with Crippen LogP contribution in [0.2, 0.25) is 0 Å². The van der Waals surface area contributed by atoms with E-state index in [1.807, 2.05) is 12.1 Å². The van der Waals surface area contributed by atoms with Crippen molar-refractivity contribution in [1.29, 1.82) is 0 Å². The van der Waals surface area contributed by atoms with Gasteiger partial charge in [0.15, 0.2) is 0 Å². The Hall–Kier alpha value is -2.50. The van der Waals surface area contributed by atoms with Gasteiger partial charge in [-0.1, -0.05) is 31.0 Å². The molecule has 0 bridgehead atoms. The van der Waals surface area contributed by atoms with E-state index in [9.17, 15) is 26.4 Å². The summed E-state index contributed by atoms with van der Waals surface area (Å²) in [5.74, 6) is 0.0642. The van der Waals surface area contributed by atoms with Gasteiger partial charge in [-0.3, -0.25) is 4.79 Å². The zero-order valence-corrected chi connectivity index (χ0v) is 23.2. The number of rotatable bonds is 15. The Morgan fingerprint density at radius 1 is 0.974 bits per heavy atom. The molecule has 0 unspecified atom stereocenters. The molecular weight excluding hydrogens is 559 g/mol. The van der Waals surface area contributed by atoms with Gasteiger partial charge in [-0.25, -0.2) is 0 Å². The minimum Gasteiger partial charge on any atom is -0.465 e. The van der Waals surface area contributed by atoms with Gasteiger partial charge in [0.2, 0.25) is 0 Å². The smallest absolute Gasteiger partial charge is 0.389 e. The van der Waals surface area contributed by atoms with Crippen LogP contribution in [0, 0.1) is 5.92 Å². The largest absolute Gasteiger partial charge is 0.465 e. The predicted octanol–water partition coefficient (Wildman–Crippen LogP) is 6.12. The molecule has 0 radical (unpaired) electrons. The quantitative estimate of drug-likeness (QED) is 0.151. The number of unbranched alkanes of at least 4 members (excludes halogenated alkanes) is 3. The molecule has 12 heteroatoms. The molecule has 2 aromatic rings. The lowest BCUT2D eigenvalue weighted by molar-refractivity contribution is -0.145. The number of hydrogen-bond donors (Lipinski definition) is 1. The van der Waals surface area contributed by atoms with Gasteiger partial charge >= 0.3 is 22.3 Å². The molecule has 1 aliphatic carbocycles. The summed E-state index contributed by atoms with van der Waals surface area (Å²) in [6.07, 6.45) is -0.679. The Labute approximate surface area is 233 Å². The number of nitrogens with two attached hydrogens (primary N) is 1. The maximum atomic E-state index is 12.3. The maximum Gasteiger partial charge on any atom is 0.389 e. The number of ether oxygens (including phenoxy) is 2. The van der Waals surface area contributed by atoms with Crippen molar-refractivity contribution in [2.45, 2.75) is 64.0 Å². The van der Waals surface area contributed by atoms with E-state index in [0.717, 1.165) is 43.2 Å². The van der Waals surface area contributed by atoms with E-state index in [0.29, 0.717) is 37.5 Å². The van der Waals surface area contributed by atoms with Gasteiger partial charge in [-0.05, 0) is 68.0 Å².